The van der Waals surface area contributed by atoms with E-state index in [1.165, 1.54) is 0 Å². The van der Waals surface area contributed by atoms with Crippen LogP contribution in [-0.4, -0.2) is 33.8 Å². The van der Waals surface area contributed by atoms with Crippen LogP contribution in [0, 0.1) is 0 Å². The lowest BCUT2D eigenvalue weighted by molar-refractivity contribution is 0.0913. The molecule has 0 radical (unpaired) electrons. The maximum atomic E-state index is 12.3. The van der Waals surface area contributed by atoms with Gasteiger partial charge in [0.2, 0.25) is 0 Å². The van der Waals surface area contributed by atoms with Crippen LogP contribution in [0.25, 0.3) is 0 Å². The average molecular weight is 264 g/mol. The summed E-state index contributed by atoms with van der Waals surface area (Å²) in [5, 5.41) is 10.9. The van der Waals surface area contributed by atoms with Gasteiger partial charge in [0.25, 0.3) is 5.91 Å². The number of aryl methyl sites for hydroxylation is 2. The van der Waals surface area contributed by atoms with Gasteiger partial charge in [0.1, 0.15) is 0 Å². The lowest BCUT2D eigenvalue weighted by atomic mass is 9.95. The van der Waals surface area contributed by atoms with E-state index in [1.807, 2.05) is 14.0 Å². The second-order valence-corrected chi connectivity index (χ2v) is 5.53. The Hall–Kier alpha value is -1.36. The molecule has 5 heteroatoms. The number of carbonyl (C=O) groups is 1. The second-order valence-electron chi connectivity index (χ2n) is 5.53. The minimum Gasteiger partial charge on any atom is -0.348 e. The molecule has 0 aromatic carbocycles. The first-order valence-electron chi connectivity index (χ1n) is 7.10. The summed E-state index contributed by atoms with van der Waals surface area (Å²) in [6.45, 7) is 6.33. The molecule has 0 aliphatic carbocycles. The van der Waals surface area contributed by atoms with E-state index in [-0.39, 0.29) is 11.9 Å². The van der Waals surface area contributed by atoms with Gasteiger partial charge in [0.05, 0.1) is 11.3 Å². The number of hydrogen-bond acceptors (Lipinski definition) is 3. The molecule has 0 saturated carbocycles. The molecular formula is C14H24N4O. The Balaban J connectivity index is 2.04. The third-order valence-electron chi connectivity index (χ3n) is 3.86. The van der Waals surface area contributed by atoms with Crippen molar-refractivity contribution in [1.82, 2.24) is 20.4 Å². The van der Waals surface area contributed by atoms with Crippen molar-refractivity contribution in [3.63, 3.8) is 0 Å². The molecule has 0 bridgehead atoms. The quantitative estimate of drug-likeness (QED) is 0.863. The van der Waals surface area contributed by atoms with Crippen LogP contribution in [0.5, 0.6) is 0 Å². The van der Waals surface area contributed by atoms with E-state index in [1.54, 1.807) is 10.9 Å². The Morgan fingerprint density at radius 1 is 1.53 bits per heavy atom. The van der Waals surface area contributed by atoms with E-state index in [9.17, 15) is 4.79 Å². The van der Waals surface area contributed by atoms with Gasteiger partial charge in [-0.3, -0.25) is 9.48 Å². The van der Waals surface area contributed by atoms with Crippen molar-refractivity contribution < 1.29 is 4.79 Å². The molecular weight excluding hydrogens is 240 g/mol. The van der Waals surface area contributed by atoms with Crippen LogP contribution in [0.3, 0.4) is 0 Å². The van der Waals surface area contributed by atoms with Gasteiger partial charge in [-0.1, -0.05) is 6.92 Å². The molecule has 5 nitrogen and oxygen atoms in total. The van der Waals surface area contributed by atoms with Gasteiger partial charge >= 0.3 is 0 Å². The molecule has 2 rings (SSSR count). The van der Waals surface area contributed by atoms with Crippen LogP contribution in [-0.2, 0) is 13.5 Å². The average Bonchev–Trinajstić information content (AvgIpc) is 2.74. The van der Waals surface area contributed by atoms with Crippen molar-refractivity contribution in [3.05, 3.63) is 17.5 Å². The molecule has 2 heterocycles. The number of carbonyl (C=O) groups excluding carboxylic acids is 1. The molecule has 1 aliphatic heterocycles. The summed E-state index contributed by atoms with van der Waals surface area (Å²) in [4.78, 5) is 12.3. The maximum absolute atomic E-state index is 12.3. The number of piperidine rings is 1. The molecule has 1 aromatic heterocycles. The summed E-state index contributed by atoms with van der Waals surface area (Å²) in [5.41, 5.74) is 1.57. The van der Waals surface area contributed by atoms with Crippen molar-refractivity contribution in [1.29, 1.82) is 0 Å². The van der Waals surface area contributed by atoms with Gasteiger partial charge in [-0.15, -0.1) is 0 Å². The third-order valence-corrected chi connectivity index (χ3v) is 3.86. The van der Waals surface area contributed by atoms with Gasteiger partial charge in [-0.25, -0.2) is 0 Å². The van der Waals surface area contributed by atoms with Crippen molar-refractivity contribution in [3.8, 4) is 0 Å². The van der Waals surface area contributed by atoms with E-state index in [0.717, 1.165) is 25.0 Å². The van der Waals surface area contributed by atoms with Crippen LogP contribution in [0.2, 0.25) is 0 Å². The highest BCUT2D eigenvalue weighted by Gasteiger charge is 2.27. The number of nitrogens with zero attached hydrogens (tertiary/aromatic N) is 2. The minimum atomic E-state index is -0.00171. The number of aromatic nitrogens is 2. The van der Waals surface area contributed by atoms with Gasteiger partial charge in [0, 0.05) is 31.4 Å². The number of rotatable bonds is 3. The Morgan fingerprint density at radius 3 is 2.89 bits per heavy atom. The number of amides is 1. The summed E-state index contributed by atoms with van der Waals surface area (Å²) >= 11 is 0. The fraction of sp³-hybridized carbons (Fsp3) is 0.714. The lowest BCUT2D eigenvalue weighted by Gasteiger charge is -2.34. The monoisotopic (exact) mass is 264 g/mol. The molecule has 0 spiro atoms. The van der Waals surface area contributed by atoms with Gasteiger partial charge in [-0.2, -0.15) is 5.10 Å². The molecule has 2 N–H and O–H groups in total. The Morgan fingerprint density at radius 2 is 2.26 bits per heavy atom. The highest BCUT2D eigenvalue weighted by Crippen LogP contribution is 2.15. The van der Waals surface area contributed by atoms with E-state index >= 15 is 0 Å². The van der Waals surface area contributed by atoms with Crippen molar-refractivity contribution in [2.75, 3.05) is 0 Å². The molecule has 19 heavy (non-hydrogen) atoms. The van der Waals surface area contributed by atoms with Crippen molar-refractivity contribution >= 4 is 5.91 Å². The number of hydrogen-bond donors (Lipinski definition) is 2. The SMILES string of the molecule is CCc1nn(C)cc1C(=O)NC1CCC(C)NC1C. The summed E-state index contributed by atoms with van der Waals surface area (Å²) in [6, 6.07) is 1.05. The standard InChI is InChI=1S/C14H24N4O/c1-5-12-11(8-18(4)17-12)14(19)16-13-7-6-9(2)15-10(13)3/h8-10,13,15H,5-7H2,1-4H3,(H,16,19). The second kappa shape index (κ2) is 5.74. The van der Waals surface area contributed by atoms with Crippen LogP contribution in [0.1, 0.15) is 49.7 Å². The topological polar surface area (TPSA) is 59.0 Å². The normalized spacial score (nSPS) is 27.3. The molecule has 1 amide bonds. The zero-order chi connectivity index (χ0) is 14.0. The van der Waals surface area contributed by atoms with Gasteiger partial charge in [-0.05, 0) is 33.1 Å². The smallest absolute Gasteiger partial charge is 0.255 e. The van der Waals surface area contributed by atoms with E-state index in [0.29, 0.717) is 17.6 Å². The highest BCUT2D eigenvalue weighted by atomic mass is 16.1. The first kappa shape index (κ1) is 14.1. The van der Waals surface area contributed by atoms with Crippen LogP contribution >= 0.6 is 0 Å². The zero-order valence-corrected chi connectivity index (χ0v) is 12.2. The molecule has 1 aromatic rings. The Labute approximate surface area is 114 Å². The largest absolute Gasteiger partial charge is 0.348 e. The summed E-state index contributed by atoms with van der Waals surface area (Å²) in [7, 11) is 1.85. The van der Waals surface area contributed by atoms with Crippen LogP contribution in [0.15, 0.2) is 6.20 Å². The highest BCUT2D eigenvalue weighted by molar-refractivity contribution is 5.95. The fourth-order valence-corrected chi connectivity index (χ4v) is 2.76. The predicted molar refractivity (Wildman–Crippen MR) is 75.1 cm³/mol. The van der Waals surface area contributed by atoms with Crippen molar-refractivity contribution in [2.24, 2.45) is 7.05 Å². The molecule has 106 valence electrons. The lowest BCUT2D eigenvalue weighted by Crippen LogP contribution is -2.54. The first-order valence-corrected chi connectivity index (χ1v) is 7.10. The first-order chi connectivity index (χ1) is 9.01. The Bertz CT molecular complexity index is 454. The molecule has 3 unspecified atom stereocenters. The van der Waals surface area contributed by atoms with Crippen molar-refractivity contribution in [2.45, 2.75) is 58.2 Å². The van der Waals surface area contributed by atoms with Crippen LogP contribution in [0.4, 0.5) is 0 Å². The number of nitrogens with one attached hydrogen (secondary N) is 2. The van der Waals surface area contributed by atoms with Crippen LogP contribution < -0.4 is 10.6 Å². The molecule has 1 saturated heterocycles. The molecule has 3 atom stereocenters. The zero-order valence-electron chi connectivity index (χ0n) is 12.2. The molecule has 1 fully saturated rings. The summed E-state index contributed by atoms with van der Waals surface area (Å²) in [5.74, 6) is -0.00171. The molecule has 1 aliphatic rings. The van der Waals surface area contributed by atoms with E-state index in [4.69, 9.17) is 0 Å². The Kier molecular flexibility index (Phi) is 4.24. The van der Waals surface area contributed by atoms with Gasteiger partial charge in [0.15, 0.2) is 0 Å². The minimum absolute atomic E-state index is 0.00171. The van der Waals surface area contributed by atoms with Gasteiger partial charge < -0.3 is 10.6 Å². The maximum Gasteiger partial charge on any atom is 0.255 e. The summed E-state index contributed by atoms with van der Waals surface area (Å²) < 4.78 is 1.71. The van der Waals surface area contributed by atoms with E-state index in [2.05, 4.69) is 29.6 Å². The van der Waals surface area contributed by atoms with E-state index < -0.39 is 0 Å². The fourth-order valence-electron chi connectivity index (χ4n) is 2.76. The third kappa shape index (κ3) is 3.15. The predicted octanol–water partition coefficient (Wildman–Crippen LogP) is 1.24. The summed E-state index contributed by atoms with van der Waals surface area (Å²) in [6.07, 6.45) is 4.71.